The van der Waals surface area contributed by atoms with Crippen molar-refractivity contribution in [1.82, 2.24) is 0 Å². The third kappa shape index (κ3) is 3.42. The van der Waals surface area contributed by atoms with Crippen LogP contribution in [0.3, 0.4) is 0 Å². The van der Waals surface area contributed by atoms with Crippen LogP contribution in [-0.4, -0.2) is 30.3 Å². The zero-order chi connectivity index (χ0) is 13.0. The highest BCUT2D eigenvalue weighted by Crippen LogP contribution is 2.16. The van der Waals surface area contributed by atoms with Gasteiger partial charge in [0, 0.05) is 18.8 Å². The molecule has 0 saturated heterocycles. The van der Waals surface area contributed by atoms with Gasteiger partial charge in [0.2, 0.25) is 0 Å². The maximum Gasteiger partial charge on any atom is 0.338 e. The summed E-state index contributed by atoms with van der Waals surface area (Å²) >= 11 is 0. The Morgan fingerprint density at radius 1 is 1.47 bits per heavy atom. The molecule has 1 aromatic carbocycles. The van der Waals surface area contributed by atoms with Crippen molar-refractivity contribution >= 4 is 11.7 Å². The molecule has 0 amide bonds. The molecule has 0 radical (unpaired) electrons. The lowest BCUT2D eigenvalue weighted by molar-refractivity contribution is 0.0692. The molecule has 0 heterocycles. The summed E-state index contributed by atoms with van der Waals surface area (Å²) in [4.78, 5) is 10.8. The molecule has 0 aliphatic rings. The van der Waals surface area contributed by atoms with E-state index in [4.69, 9.17) is 9.84 Å². The Balaban J connectivity index is 2.86. The van der Waals surface area contributed by atoms with Crippen LogP contribution in [0.4, 0.5) is 10.1 Å². The Kier molecular flexibility index (Phi) is 4.45. The minimum absolute atomic E-state index is 0.00731. The monoisotopic (exact) mass is 241 g/mol. The molecule has 0 fully saturated rings. The van der Waals surface area contributed by atoms with Crippen LogP contribution in [0.1, 0.15) is 24.2 Å². The van der Waals surface area contributed by atoms with Crippen molar-refractivity contribution in [2.75, 3.05) is 12.4 Å². The zero-order valence-electron chi connectivity index (χ0n) is 10.0. The molecule has 1 aromatic rings. The molecule has 2 atom stereocenters. The largest absolute Gasteiger partial charge is 0.478 e. The molecule has 4 nitrogen and oxygen atoms in total. The maximum absolute atomic E-state index is 13.1. The average Bonchev–Trinajstić information content (AvgIpc) is 2.30. The lowest BCUT2D eigenvalue weighted by atomic mass is 10.1. The van der Waals surface area contributed by atoms with Gasteiger partial charge < -0.3 is 15.2 Å². The van der Waals surface area contributed by atoms with E-state index in [-0.39, 0.29) is 17.7 Å². The average molecular weight is 241 g/mol. The molecule has 0 aromatic heterocycles. The lowest BCUT2D eigenvalue weighted by Gasteiger charge is -2.21. The van der Waals surface area contributed by atoms with Crippen molar-refractivity contribution in [2.45, 2.75) is 26.0 Å². The Morgan fingerprint density at radius 3 is 2.65 bits per heavy atom. The SMILES string of the molecule is COC(C)C(C)Nc1ccc(F)c(C(=O)O)c1. The van der Waals surface area contributed by atoms with Gasteiger partial charge >= 0.3 is 5.97 Å². The first-order chi connectivity index (χ1) is 7.95. The molecular weight excluding hydrogens is 225 g/mol. The Morgan fingerprint density at radius 2 is 2.12 bits per heavy atom. The third-order valence-electron chi connectivity index (χ3n) is 2.67. The van der Waals surface area contributed by atoms with Crippen molar-refractivity contribution in [3.8, 4) is 0 Å². The standard InChI is InChI=1S/C12H16FNO3/c1-7(8(2)17-3)14-9-4-5-11(13)10(6-9)12(15)16/h4-8,14H,1-3H3,(H,15,16). The minimum Gasteiger partial charge on any atom is -0.478 e. The molecule has 2 unspecified atom stereocenters. The van der Waals surface area contributed by atoms with E-state index in [2.05, 4.69) is 5.32 Å². The summed E-state index contributed by atoms with van der Waals surface area (Å²) in [6.45, 7) is 3.79. The van der Waals surface area contributed by atoms with Gasteiger partial charge in [-0.25, -0.2) is 9.18 Å². The van der Waals surface area contributed by atoms with Crippen LogP contribution in [0.2, 0.25) is 0 Å². The maximum atomic E-state index is 13.1. The van der Waals surface area contributed by atoms with Crippen LogP contribution >= 0.6 is 0 Å². The number of rotatable bonds is 5. The van der Waals surface area contributed by atoms with E-state index >= 15 is 0 Å². The van der Waals surface area contributed by atoms with E-state index in [9.17, 15) is 9.18 Å². The number of benzene rings is 1. The molecule has 0 aliphatic heterocycles. The molecule has 94 valence electrons. The normalized spacial score (nSPS) is 14.1. The number of halogens is 1. The van der Waals surface area contributed by atoms with Gasteiger partial charge in [-0.1, -0.05) is 0 Å². The second kappa shape index (κ2) is 5.63. The van der Waals surface area contributed by atoms with Crippen molar-refractivity contribution in [1.29, 1.82) is 0 Å². The molecule has 17 heavy (non-hydrogen) atoms. The second-order valence-electron chi connectivity index (χ2n) is 3.87. The van der Waals surface area contributed by atoms with Crippen molar-refractivity contribution < 1.29 is 19.0 Å². The first kappa shape index (κ1) is 13.4. The zero-order valence-corrected chi connectivity index (χ0v) is 10.0. The molecule has 1 rings (SSSR count). The van der Waals surface area contributed by atoms with Gasteiger partial charge in [-0.3, -0.25) is 0 Å². The summed E-state index contributed by atoms with van der Waals surface area (Å²) in [5, 5.41) is 11.8. The van der Waals surface area contributed by atoms with Crippen LogP contribution in [0.25, 0.3) is 0 Å². The van der Waals surface area contributed by atoms with Crippen molar-refractivity contribution in [3.63, 3.8) is 0 Å². The van der Waals surface area contributed by atoms with Gasteiger partial charge in [0.15, 0.2) is 0 Å². The van der Waals surface area contributed by atoms with Crippen LogP contribution in [-0.2, 0) is 4.74 Å². The molecule has 0 bridgehead atoms. The number of nitrogens with one attached hydrogen (secondary N) is 1. The Bertz CT molecular complexity index is 409. The van der Waals surface area contributed by atoms with Crippen LogP contribution < -0.4 is 5.32 Å². The van der Waals surface area contributed by atoms with Crippen molar-refractivity contribution in [2.24, 2.45) is 0 Å². The van der Waals surface area contributed by atoms with E-state index in [1.165, 1.54) is 12.1 Å². The molecule has 2 N–H and O–H groups in total. The summed E-state index contributed by atoms with van der Waals surface area (Å²) in [7, 11) is 1.59. The Hall–Kier alpha value is -1.62. The first-order valence-corrected chi connectivity index (χ1v) is 5.28. The van der Waals surface area contributed by atoms with Gasteiger partial charge in [0.1, 0.15) is 5.82 Å². The van der Waals surface area contributed by atoms with Crippen LogP contribution in [0.15, 0.2) is 18.2 Å². The number of carboxylic acids is 1. The molecular formula is C12H16FNO3. The number of carboxylic acid groups (broad SMARTS) is 1. The number of hydrogen-bond acceptors (Lipinski definition) is 3. The van der Waals surface area contributed by atoms with E-state index in [0.717, 1.165) is 6.07 Å². The fourth-order valence-electron chi connectivity index (χ4n) is 1.36. The third-order valence-corrected chi connectivity index (χ3v) is 2.67. The number of methoxy groups -OCH3 is 1. The van der Waals surface area contributed by atoms with Crippen LogP contribution in [0, 0.1) is 5.82 Å². The highest BCUT2D eigenvalue weighted by Gasteiger charge is 2.14. The fraction of sp³-hybridized carbons (Fsp3) is 0.417. The van der Waals surface area contributed by atoms with Gasteiger partial charge in [-0.15, -0.1) is 0 Å². The second-order valence-corrected chi connectivity index (χ2v) is 3.87. The van der Waals surface area contributed by atoms with Gasteiger partial charge in [0.25, 0.3) is 0 Å². The fourth-order valence-corrected chi connectivity index (χ4v) is 1.36. The minimum atomic E-state index is -1.28. The van der Waals surface area contributed by atoms with E-state index in [1.54, 1.807) is 7.11 Å². The molecule has 0 saturated carbocycles. The summed E-state index contributed by atoms with van der Waals surface area (Å²) in [6, 6.07) is 3.90. The summed E-state index contributed by atoms with van der Waals surface area (Å²) in [5.74, 6) is -2.02. The highest BCUT2D eigenvalue weighted by molar-refractivity contribution is 5.89. The highest BCUT2D eigenvalue weighted by atomic mass is 19.1. The quantitative estimate of drug-likeness (QED) is 0.830. The smallest absolute Gasteiger partial charge is 0.338 e. The number of carbonyl (C=O) groups is 1. The topological polar surface area (TPSA) is 58.6 Å². The summed E-state index contributed by atoms with van der Waals surface area (Å²) in [6.07, 6.45) is -0.0340. The van der Waals surface area contributed by atoms with E-state index in [1.807, 2.05) is 13.8 Å². The van der Waals surface area contributed by atoms with Gasteiger partial charge in [0.05, 0.1) is 11.7 Å². The number of hydrogen-bond donors (Lipinski definition) is 2. The predicted molar refractivity (Wildman–Crippen MR) is 62.9 cm³/mol. The molecule has 0 aliphatic carbocycles. The predicted octanol–water partition coefficient (Wildman–Crippen LogP) is 2.36. The first-order valence-electron chi connectivity index (χ1n) is 5.28. The van der Waals surface area contributed by atoms with Crippen molar-refractivity contribution in [3.05, 3.63) is 29.6 Å². The lowest BCUT2D eigenvalue weighted by Crippen LogP contribution is -2.29. The number of ether oxygens (including phenoxy) is 1. The Labute approximate surface area is 99.4 Å². The van der Waals surface area contributed by atoms with Gasteiger partial charge in [-0.2, -0.15) is 0 Å². The number of aromatic carboxylic acids is 1. The number of anilines is 1. The van der Waals surface area contributed by atoms with E-state index < -0.39 is 11.8 Å². The van der Waals surface area contributed by atoms with Crippen LogP contribution in [0.5, 0.6) is 0 Å². The molecule has 0 spiro atoms. The summed E-state index contributed by atoms with van der Waals surface area (Å²) in [5.41, 5.74) is 0.215. The molecule has 5 heteroatoms. The van der Waals surface area contributed by atoms with Gasteiger partial charge in [-0.05, 0) is 32.0 Å². The summed E-state index contributed by atoms with van der Waals surface area (Å²) < 4.78 is 18.3. The van der Waals surface area contributed by atoms with E-state index in [0.29, 0.717) is 5.69 Å².